The summed E-state index contributed by atoms with van der Waals surface area (Å²) in [4.78, 5) is 40.1. The van der Waals surface area contributed by atoms with Crippen molar-refractivity contribution >= 4 is 23.6 Å². The van der Waals surface area contributed by atoms with Crippen molar-refractivity contribution in [2.75, 3.05) is 18.6 Å². The molecule has 9 heteroatoms. The van der Waals surface area contributed by atoms with Gasteiger partial charge in [-0.25, -0.2) is 4.79 Å². The first-order chi connectivity index (χ1) is 9.86. The van der Waals surface area contributed by atoms with Crippen molar-refractivity contribution in [1.29, 1.82) is 0 Å². The van der Waals surface area contributed by atoms with Crippen LogP contribution in [-0.4, -0.2) is 52.7 Å². The van der Waals surface area contributed by atoms with Gasteiger partial charge in [-0.05, 0) is 26.0 Å². The highest BCUT2D eigenvalue weighted by atomic mass is 32.2. The zero-order valence-corrected chi connectivity index (χ0v) is 13.1. The first-order valence-corrected chi connectivity index (χ1v) is 8.07. The largest absolute Gasteiger partial charge is 0.434 e. The van der Waals surface area contributed by atoms with E-state index in [2.05, 4.69) is 4.84 Å². The van der Waals surface area contributed by atoms with Gasteiger partial charge in [0.05, 0.1) is 0 Å². The summed E-state index contributed by atoms with van der Waals surface area (Å²) in [5.41, 5.74) is 0. The van der Waals surface area contributed by atoms with E-state index in [0.29, 0.717) is 25.1 Å². The minimum atomic E-state index is -1.28. The van der Waals surface area contributed by atoms with E-state index in [-0.39, 0.29) is 11.8 Å². The Labute approximate surface area is 127 Å². The first-order valence-electron chi connectivity index (χ1n) is 6.68. The number of likely N-dealkylation sites (tertiary alicyclic amines) is 1. The lowest BCUT2D eigenvalue weighted by Crippen LogP contribution is -2.45. The molecule has 0 N–H and O–H groups in total. The van der Waals surface area contributed by atoms with Crippen LogP contribution < -0.4 is 0 Å². The van der Waals surface area contributed by atoms with Crippen LogP contribution in [0, 0.1) is 16.0 Å². The Morgan fingerprint density at radius 3 is 2.71 bits per heavy atom. The zero-order chi connectivity index (χ0) is 16.0. The summed E-state index contributed by atoms with van der Waals surface area (Å²) in [6, 6.07) is -0.681. The number of esters is 1. The van der Waals surface area contributed by atoms with Gasteiger partial charge >= 0.3 is 5.97 Å². The molecule has 1 heterocycles. The number of nitrogens with zero attached hydrogens (tertiary/aromatic N) is 2. The topological polar surface area (TPSA) is 99.0 Å². The van der Waals surface area contributed by atoms with Gasteiger partial charge in [-0.15, -0.1) is 10.1 Å². The van der Waals surface area contributed by atoms with Gasteiger partial charge in [0.15, 0.2) is 0 Å². The number of hydrogen-bond acceptors (Lipinski definition) is 7. The van der Waals surface area contributed by atoms with Gasteiger partial charge < -0.3 is 9.64 Å². The zero-order valence-electron chi connectivity index (χ0n) is 12.3. The van der Waals surface area contributed by atoms with E-state index >= 15 is 0 Å². The molecule has 0 spiro atoms. The molecular weight excluding hydrogens is 300 g/mol. The summed E-state index contributed by atoms with van der Waals surface area (Å²) in [7, 11) is 0. The second-order valence-corrected chi connectivity index (χ2v) is 5.79. The number of amides is 1. The fourth-order valence-electron chi connectivity index (χ4n) is 2.26. The average Bonchev–Trinajstić information content (AvgIpc) is 2.86. The van der Waals surface area contributed by atoms with Crippen molar-refractivity contribution in [3.05, 3.63) is 10.1 Å². The van der Waals surface area contributed by atoms with Crippen LogP contribution in [0.2, 0.25) is 0 Å². The second-order valence-electron chi connectivity index (χ2n) is 4.88. The van der Waals surface area contributed by atoms with Crippen LogP contribution in [0.3, 0.4) is 0 Å². The molecule has 1 amide bonds. The number of thioether (sulfide) groups is 1. The monoisotopic (exact) mass is 320 g/mol. The molecule has 1 aliphatic rings. The summed E-state index contributed by atoms with van der Waals surface area (Å²) in [6.45, 7) is 3.58. The van der Waals surface area contributed by atoms with Crippen LogP contribution >= 0.6 is 11.8 Å². The van der Waals surface area contributed by atoms with Crippen molar-refractivity contribution in [1.82, 2.24) is 4.90 Å². The molecule has 120 valence electrons. The highest BCUT2D eigenvalue weighted by molar-refractivity contribution is 7.98. The molecule has 1 saturated heterocycles. The van der Waals surface area contributed by atoms with Gasteiger partial charge in [0, 0.05) is 18.2 Å². The average molecular weight is 320 g/mol. The van der Waals surface area contributed by atoms with Gasteiger partial charge in [-0.3, -0.25) is 9.63 Å². The fraction of sp³-hybridized carbons (Fsp3) is 0.833. The maximum atomic E-state index is 12.3. The van der Waals surface area contributed by atoms with E-state index in [9.17, 15) is 19.7 Å². The molecule has 0 saturated carbocycles. The predicted molar refractivity (Wildman–Crippen MR) is 75.9 cm³/mol. The number of rotatable bonds is 7. The van der Waals surface area contributed by atoms with E-state index in [4.69, 9.17) is 4.74 Å². The molecule has 1 fully saturated rings. The summed E-state index contributed by atoms with van der Waals surface area (Å²) >= 11 is 1.57. The summed E-state index contributed by atoms with van der Waals surface area (Å²) in [5, 5.41) is 9.15. The van der Waals surface area contributed by atoms with Crippen molar-refractivity contribution in [3.8, 4) is 0 Å². The van der Waals surface area contributed by atoms with Crippen LogP contribution in [0.4, 0.5) is 0 Å². The van der Waals surface area contributed by atoms with E-state index in [0.717, 1.165) is 0 Å². The third kappa shape index (κ3) is 5.07. The third-order valence-electron chi connectivity index (χ3n) is 3.16. The van der Waals surface area contributed by atoms with Gasteiger partial charge in [-0.2, -0.15) is 11.8 Å². The number of hydrogen-bond donors (Lipinski definition) is 0. The number of ether oxygens (including phenoxy) is 1. The van der Waals surface area contributed by atoms with E-state index in [1.165, 1.54) is 11.8 Å². The van der Waals surface area contributed by atoms with Gasteiger partial charge in [0.25, 0.3) is 5.09 Å². The summed E-state index contributed by atoms with van der Waals surface area (Å²) in [6.07, 6.45) is 1.84. The first kappa shape index (κ1) is 17.5. The molecule has 0 aromatic heterocycles. The lowest BCUT2D eigenvalue weighted by Gasteiger charge is -2.26. The third-order valence-corrected chi connectivity index (χ3v) is 4.00. The molecule has 8 nitrogen and oxygen atoms in total. The molecular formula is C12H20N2O6S. The minimum absolute atomic E-state index is 0.0911. The maximum Gasteiger partial charge on any atom is 0.330 e. The summed E-state index contributed by atoms with van der Waals surface area (Å²) in [5.74, 6) is -0.253. The molecule has 1 rings (SSSR count). The van der Waals surface area contributed by atoms with Crippen LogP contribution in [0.5, 0.6) is 0 Å². The van der Waals surface area contributed by atoms with E-state index in [1.54, 1.807) is 11.8 Å². The SMILES string of the molecule is CSC[C@@H](C)C(=O)N1CCC[C@H]1C(=O)OC(C)O[N+](=O)[O-]. The standard InChI is InChI=1S/C12H20N2O6S/c1-8(7-21-3)11(15)13-6-4-5-10(13)12(16)19-9(2)20-14(17)18/h8-10H,4-7H2,1-3H3/t8-,9?,10+/m1/s1. The Balaban J connectivity index is 2.61. The van der Waals surface area contributed by atoms with Crippen LogP contribution in [-0.2, 0) is 19.2 Å². The van der Waals surface area contributed by atoms with Gasteiger partial charge in [0.1, 0.15) is 6.04 Å². The minimum Gasteiger partial charge on any atom is -0.434 e. The van der Waals surface area contributed by atoms with Crippen molar-refractivity contribution < 1.29 is 24.3 Å². The molecule has 1 unspecified atom stereocenters. The lowest BCUT2D eigenvalue weighted by atomic mass is 10.1. The Morgan fingerprint density at radius 1 is 1.48 bits per heavy atom. The number of carbonyl (C=O) groups is 2. The Hall–Kier alpha value is -1.51. The molecule has 0 aromatic rings. The molecule has 0 bridgehead atoms. The van der Waals surface area contributed by atoms with Crippen molar-refractivity contribution in [3.63, 3.8) is 0 Å². The van der Waals surface area contributed by atoms with Gasteiger partial charge in [0.2, 0.25) is 12.2 Å². The van der Waals surface area contributed by atoms with Crippen LogP contribution in [0.15, 0.2) is 0 Å². The molecule has 0 radical (unpaired) electrons. The highest BCUT2D eigenvalue weighted by Crippen LogP contribution is 2.22. The Morgan fingerprint density at radius 2 is 2.14 bits per heavy atom. The Bertz CT molecular complexity index is 405. The predicted octanol–water partition coefficient (Wildman–Crippen LogP) is 1.07. The van der Waals surface area contributed by atoms with Crippen molar-refractivity contribution in [2.24, 2.45) is 5.92 Å². The van der Waals surface area contributed by atoms with Crippen LogP contribution in [0.1, 0.15) is 26.7 Å². The summed E-state index contributed by atoms with van der Waals surface area (Å²) < 4.78 is 4.86. The second kappa shape index (κ2) is 8.06. The molecule has 21 heavy (non-hydrogen) atoms. The fourth-order valence-corrected chi connectivity index (χ4v) is 2.91. The quantitative estimate of drug-likeness (QED) is 0.299. The molecule has 0 aliphatic carbocycles. The normalized spacial score (nSPS) is 20.7. The van der Waals surface area contributed by atoms with E-state index in [1.807, 2.05) is 13.2 Å². The Kier molecular flexibility index (Phi) is 6.73. The smallest absolute Gasteiger partial charge is 0.330 e. The lowest BCUT2D eigenvalue weighted by molar-refractivity contribution is -0.777. The highest BCUT2D eigenvalue weighted by Gasteiger charge is 2.37. The molecule has 3 atom stereocenters. The van der Waals surface area contributed by atoms with E-state index < -0.39 is 23.4 Å². The maximum absolute atomic E-state index is 12.3. The van der Waals surface area contributed by atoms with Gasteiger partial charge in [-0.1, -0.05) is 6.92 Å². The molecule has 0 aromatic carbocycles. The van der Waals surface area contributed by atoms with Crippen LogP contribution in [0.25, 0.3) is 0 Å². The van der Waals surface area contributed by atoms with Crippen molar-refractivity contribution in [2.45, 2.75) is 39.0 Å². The molecule has 1 aliphatic heterocycles. The number of carbonyl (C=O) groups excluding carboxylic acids is 2.